The predicted octanol–water partition coefficient (Wildman–Crippen LogP) is 3.52. The van der Waals surface area contributed by atoms with E-state index in [9.17, 15) is 19.7 Å². The van der Waals surface area contributed by atoms with Crippen LogP contribution >= 0.6 is 0 Å². The van der Waals surface area contributed by atoms with Crippen LogP contribution in [0, 0.1) is 10.1 Å². The molecule has 1 aromatic heterocycles. The molecule has 0 saturated heterocycles. The van der Waals surface area contributed by atoms with E-state index in [4.69, 9.17) is 9.15 Å². The second-order valence-corrected chi connectivity index (χ2v) is 5.57. The summed E-state index contributed by atoms with van der Waals surface area (Å²) in [5.41, 5.74) is 0.578. The Kier molecular flexibility index (Phi) is 4.41. The van der Waals surface area contributed by atoms with Gasteiger partial charge < -0.3 is 9.15 Å². The lowest BCUT2D eigenvalue weighted by atomic mass is 9.96. The quantitative estimate of drug-likeness (QED) is 0.483. The average Bonchev–Trinajstić information content (AvgIpc) is 3.07. The van der Waals surface area contributed by atoms with Gasteiger partial charge in [-0.05, 0) is 43.5 Å². The normalized spacial score (nSPS) is 17.5. The summed E-state index contributed by atoms with van der Waals surface area (Å²) in [5.74, 6) is -0.339. The number of hydrogen-bond donors (Lipinski definition) is 0. The Morgan fingerprint density at radius 2 is 1.92 bits per heavy atom. The maximum atomic E-state index is 12.1. The van der Waals surface area contributed by atoms with Crippen molar-refractivity contribution >= 4 is 17.4 Å². The predicted molar refractivity (Wildman–Crippen MR) is 83.5 cm³/mol. The van der Waals surface area contributed by atoms with Gasteiger partial charge in [-0.2, -0.15) is 0 Å². The Labute approximate surface area is 137 Å². The fourth-order valence-corrected chi connectivity index (χ4v) is 2.61. The van der Waals surface area contributed by atoms with E-state index in [-0.39, 0.29) is 17.2 Å². The highest BCUT2D eigenvalue weighted by Crippen LogP contribution is 2.26. The number of carbonyl (C=O) groups excluding carboxylic acids is 2. The van der Waals surface area contributed by atoms with E-state index in [0.29, 0.717) is 24.2 Å². The van der Waals surface area contributed by atoms with Gasteiger partial charge in [0.15, 0.2) is 11.9 Å². The Morgan fingerprint density at radius 3 is 2.58 bits per heavy atom. The molecule has 2 aromatic rings. The molecule has 1 atom stereocenters. The van der Waals surface area contributed by atoms with Crippen LogP contribution in [0.1, 0.15) is 36.2 Å². The number of ketones is 1. The van der Waals surface area contributed by atoms with Crippen molar-refractivity contribution in [2.75, 3.05) is 0 Å². The number of furan rings is 1. The summed E-state index contributed by atoms with van der Waals surface area (Å²) in [6.07, 6.45) is 1.97. The van der Waals surface area contributed by atoms with Crippen LogP contribution in [0.5, 0.6) is 0 Å². The Hall–Kier alpha value is -2.96. The molecule has 7 nitrogen and oxygen atoms in total. The zero-order valence-corrected chi connectivity index (χ0v) is 12.8. The fourth-order valence-electron chi connectivity index (χ4n) is 2.61. The summed E-state index contributed by atoms with van der Waals surface area (Å²) in [7, 11) is 0. The molecule has 1 fully saturated rings. The summed E-state index contributed by atoms with van der Waals surface area (Å²) in [6, 6.07) is 8.84. The number of carbonyl (C=O) groups is 2. The summed E-state index contributed by atoms with van der Waals surface area (Å²) in [4.78, 5) is 34.0. The van der Waals surface area contributed by atoms with Crippen LogP contribution < -0.4 is 0 Å². The van der Waals surface area contributed by atoms with Gasteiger partial charge >= 0.3 is 5.97 Å². The highest BCUT2D eigenvalue weighted by Gasteiger charge is 2.27. The molecule has 1 aliphatic rings. The number of hydrogen-bond acceptors (Lipinski definition) is 6. The van der Waals surface area contributed by atoms with Gasteiger partial charge in [-0.1, -0.05) is 0 Å². The van der Waals surface area contributed by atoms with E-state index in [1.165, 1.54) is 30.3 Å². The Morgan fingerprint density at radius 1 is 1.17 bits per heavy atom. The van der Waals surface area contributed by atoms with E-state index in [1.54, 1.807) is 6.07 Å². The van der Waals surface area contributed by atoms with Crippen molar-refractivity contribution in [1.29, 1.82) is 0 Å². The van der Waals surface area contributed by atoms with Crippen molar-refractivity contribution in [2.24, 2.45) is 0 Å². The molecule has 0 spiro atoms. The lowest BCUT2D eigenvalue weighted by Gasteiger charge is -2.19. The van der Waals surface area contributed by atoms with Crippen molar-refractivity contribution in [3.8, 4) is 11.3 Å². The van der Waals surface area contributed by atoms with Crippen LogP contribution in [0.25, 0.3) is 11.3 Å². The molecule has 1 aromatic carbocycles. The second-order valence-electron chi connectivity index (χ2n) is 5.57. The summed E-state index contributed by atoms with van der Waals surface area (Å²) in [5, 5.41) is 10.7. The Bertz CT molecular complexity index is 777. The van der Waals surface area contributed by atoms with Crippen molar-refractivity contribution in [3.05, 3.63) is 52.3 Å². The first-order valence-corrected chi connectivity index (χ1v) is 7.63. The molecule has 24 heavy (non-hydrogen) atoms. The van der Waals surface area contributed by atoms with E-state index in [1.807, 2.05) is 0 Å². The summed E-state index contributed by atoms with van der Waals surface area (Å²) < 4.78 is 10.7. The van der Waals surface area contributed by atoms with Crippen molar-refractivity contribution < 1.29 is 23.7 Å². The van der Waals surface area contributed by atoms with Gasteiger partial charge in [0.25, 0.3) is 5.69 Å². The number of nitro benzene ring substituents is 1. The Balaban J connectivity index is 1.71. The van der Waals surface area contributed by atoms with Crippen molar-refractivity contribution in [2.45, 2.75) is 31.8 Å². The molecule has 3 rings (SSSR count). The number of ether oxygens (including phenoxy) is 1. The molecule has 0 N–H and O–H groups in total. The summed E-state index contributed by atoms with van der Waals surface area (Å²) in [6.45, 7) is 0. The third kappa shape index (κ3) is 3.34. The molecule has 1 saturated carbocycles. The molecule has 1 aliphatic carbocycles. The molecule has 7 heteroatoms. The highest BCUT2D eigenvalue weighted by atomic mass is 16.6. The second kappa shape index (κ2) is 6.66. The van der Waals surface area contributed by atoms with E-state index in [0.717, 1.165) is 12.8 Å². The van der Waals surface area contributed by atoms with Gasteiger partial charge in [-0.15, -0.1) is 0 Å². The molecular weight excluding hydrogens is 314 g/mol. The smallest absolute Gasteiger partial charge is 0.374 e. The van der Waals surface area contributed by atoms with E-state index >= 15 is 0 Å². The third-order valence-corrected chi connectivity index (χ3v) is 3.92. The van der Waals surface area contributed by atoms with Crippen LogP contribution in [0.2, 0.25) is 0 Å². The first-order valence-electron chi connectivity index (χ1n) is 7.63. The topological polar surface area (TPSA) is 99.7 Å². The van der Waals surface area contributed by atoms with Gasteiger partial charge in [-0.3, -0.25) is 14.9 Å². The number of nitrogens with zero attached hydrogens (tertiary/aromatic N) is 1. The zero-order chi connectivity index (χ0) is 17.1. The van der Waals surface area contributed by atoms with Crippen molar-refractivity contribution in [3.63, 3.8) is 0 Å². The van der Waals surface area contributed by atoms with Crippen LogP contribution in [-0.2, 0) is 9.53 Å². The molecule has 124 valence electrons. The first-order chi connectivity index (χ1) is 11.5. The van der Waals surface area contributed by atoms with Gasteiger partial charge in [0.2, 0.25) is 5.76 Å². The first kappa shape index (κ1) is 15.9. The minimum absolute atomic E-state index is 0.00160. The largest absolute Gasteiger partial charge is 0.449 e. The van der Waals surface area contributed by atoms with Crippen LogP contribution in [0.15, 0.2) is 40.8 Å². The highest BCUT2D eigenvalue weighted by molar-refractivity contribution is 5.91. The van der Waals surface area contributed by atoms with Gasteiger partial charge in [0.05, 0.1) is 4.92 Å². The van der Waals surface area contributed by atoms with Gasteiger partial charge in [0, 0.05) is 24.1 Å². The monoisotopic (exact) mass is 329 g/mol. The van der Waals surface area contributed by atoms with Crippen molar-refractivity contribution in [1.82, 2.24) is 0 Å². The fraction of sp³-hybridized carbons (Fsp3) is 0.294. The number of Topliss-reactive ketones (excluding diaryl/α,β-unsaturated/α-hetero) is 1. The number of benzene rings is 1. The number of nitro groups is 1. The molecule has 0 aliphatic heterocycles. The lowest BCUT2D eigenvalue weighted by Crippen LogP contribution is -2.30. The number of rotatable bonds is 4. The van der Waals surface area contributed by atoms with E-state index in [2.05, 4.69) is 0 Å². The molecule has 0 amide bonds. The average molecular weight is 329 g/mol. The number of non-ortho nitro benzene ring substituents is 1. The van der Waals surface area contributed by atoms with Gasteiger partial charge in [0.1, 0.15) is 5.76 Å². The molecule has 0 unspecified atom stereocenters. The third-order valence-electron chi connectivity index (χ3n) is 3.92. The molecule has 0 bridgehead atoms. The minimum Gasteiger partial charge on any atom is -0.449 e. The van der Waals surface area contributed by atoms with Crippen LogP contribution in [-0.4, -0.2) is 22.8 Å². The molecular formula is C17H15NO6. The maximum absolute atomic E-state index is 12.1. The number of esters is 1. The zero-order valence-electron chi connectivity index (χ0n) is 12.8. The van der Waals surface area contributed by atoms with E-state index < -0.39 is 17.0 Å². The minimum atomic E-state index is -0.695. The lowest BCUT2D eigenvalue weighted by molar-refractivity contribution is -0.384. The van der Waals surface area contributed by atoms with Gasteiger partial charge in [-0.25, -0.2) is 4.79 Å². The molecule has 0 radical (unpaired) electrons. The SMILES string of the molecule is O=C(O[C@H]1CCCCC1=O)c1ccc(-c2ccc([N+](=O)[O-])cc2)o1. The van der Waals surface area contributed by atoms with Crippen LogP contribution in [0.3, 0.4) is 0 Å². The molecule has 1 heterocycles. The maximum Gasteiger partial charge on any atom is 0.374 e. The van der Waals surface area contributed by atoms with Crippen LogP contribution in [0.4, 0.5) is 5.69 Å². The summed E-state index contributed by atoms with van der Waals surface area (Å²) >= 11 is 0. The standard InChI is InChI=1S/C17H15NO6/c19-13-3-1-2-4-15(13)24-17(20)16-10-9-14(23-16)11-5-7-12(8-6-11)18(21)22/h5-10,15H,1-4H2/t15-/m0/s1.